The molecule has 6 heteroatoms. The summed E-state index contributed by atoms with van der Waals surface area (Å²) in [4.78, 5) is 16.3. The molecule has 3 heterocycles. The summed E-state index contributed by atoms with van der Waals surface area (Å²) in [5.74, 6) is 1.07. The second kappa shape index (κ2) is 7.51. The Hall–Kier alpha value is -1.72. The topological polar surface area (TPSA) is 53.4 Å². The van der Waals surface area contributed by atoms with Gasteiger partial charge in [0, 0.05) is 45.0 Å². The predicted octanol–water partition coefficient (Wildman–Crippen LogP) is 2.07. The van der Waals surface area contributed by atoms with E-state index in [-0.39, 0.29) is 6.03 Å². The average molecular weight is 305 g/mol. The molecule has 6 nitrogen and oxygen atoms in total. The van der Waals surface area contributed by atoms with Gasteiger partial charge >= 0.3 is 6.03 Å². The monoisotopic (exact) mass is 305 g/mol. The van der Waals surface area contributed by atoms with E-state index in [9.17, 15) is 4.79 Å². The van der Waals surface area contributed by atoms with Gasteiger partial charge in [-0.2, -0.15) is 5.10 Å². The number of amides is 2. The molecular weight excluding hydrogens is 278 g/mol. The van der Waals surface area contributed by atoms with E-state index in [1.54, 1.807) is 0 Å². The third-order valence-electron chi connectivity index (χ3n) is 4.57. The number of aromatic nitrogens is 2. The maximum atomic E-state index is 12.0. The third-order valence-corrected chi connectivity index (χ3v) is 4.57. The lowest BCUT2D eigenvalue weighted by Crippen LogP contribution is -2.43. The molecule has 0 aromatic carbocycles. The number of hydrogen-bond donors (Lipinski definition) is 1. The van der Waals surface area contributed by atoms with E-state index < -0.39 is 0 Å². The molecule has 0 bridgehead atoms. The summed E-state index contributed by atoms with van der Waals surface area (Å²) in [6.07, 6.45) is 9.38. The number of rotatable bonds is 4. The summed E-state index contributed by atoms with van der Waals surface area (Å²) in [6.45, 7) is 5.38. The summed E-state index contributed by atoms with van der Waals surface area (Å²) in [6, 6.07) is 2.15. The van der Waals surface area contributed by atoms with Crippen LogP contribution in [0.5, 0.6) is 0 Å². The number of piperidine rings is 2. The number of urea groups is 1. The minimum Gasteiger partial charge on any atom is -0.355 e. The number of likely N-dealkylation sites (tertiary alicyclic amines) is 1. The highest BCUT2D eigenvalue weighted by Gasteiger charge is 2.16. The maximum absolute atomic E-state index is 12.0. The Morgan fingerprint density at radius 3 is 2.45 bits per heavy atom. The van der Waals surface area contributed by atoms with Gasteiger partial charge in [0.05, 0.1) is 6.54 Å². The zero-order valence-electron chi connectivity index (χ0n) is 13.3. The maximum Gasteiger partial charge on any atom is 0.317 e. The van der Waals surface area contributed by atoms with Crippen molar-refractivity contribution in [1.82, 2.24) is 20.0 Å². The first-order valence-electron chi connectivity index (χ1n) is 8.64. The molecular formula is C16H27N5O. The molecule has 0 radical (unpaired) electrons. The van der Waals surface area contributed by atoms with Crippen LogP contribution in [-0.2, 0) is 6.54 Å². The molecule has 2 fully saturated rings. The molecule has 2 aliphatic heterocycles. The van der Waals surface area contributed by atoms with Crippen LogP contribution >= 0.6 is 0 Å². The predicted molar refractivity (Wildman–Crippen MR) is 87.1 cm³/mol. The molecule has 1 N–H and O–H groups in total. The van der Waals surface area contributed by atoms with Gasteiger partial charge in [-0.25, -0.2) is 4.79 Å². The number of hydrogen-bond acceptors (Lipinski definition) is 3. The Labute approximate surface area is 132 Å². The lowest BCUT2D eigenvalue weighted by atomic mass is 10.1. The molecule has 122 valence electrons. The fourth-order valence-electron chi connectivity index (χ4n) is 3.25. The van der Waals surface area contributed by atoms with Crippen molar-refractivity contribution < 1.29 is 4.79 Å². The van der Waals surface area contributed by atoms with Crippen molar-refractivity contribution in [1.29, 1.82) is 0 Å². The van der Waals surface area contributed by atoms with E-state index in [1.807, 2.05) is 15.8 Å². The highest BCUT2D eigenvalue weighted by molar-refractivity contribution is 5.74. The normalized spacial score (nSPS) is 19.3. The second-order valence-electron chi connectivity index (χ2n) is 6.26. The molecule has 2 amide bonds. The number of anilines is 1. The second-order valence-corrected chi connectivity index (χ2v) is 6.26. The lowest BCUT2D eigenvalue weighted by molar-refractivity contribution is 0.186. The van der Waals surface area contributed by atoms with E-state index in [1.165, 1.54) is 25.7 Å². The molecule has 0 saturated carbocycles. The summed E-state index contributed by atoms with van der Waals surface area (Å²) in [7, 11) is 0. The number of carbonyl (C=O) groups is 1. The number of nitrogens with zero attached hydrogens (tertiary/aromatic N) is 4. The van der Waals surface area contributed by atoms with Crippen LogP contribution < -0.4 is 10.2 Å². The Morgan fingerprint density at radius 2 is 1.73 bits per heavy atom. The van der Waals surface area contributed by atoms with Gasteiger partial charge in [0.2, 0.25) is 0 Å². The zero-order chi connectivity index (χ0) is 15.2. The standard InChI is InChI=1S/C16H27N5O/c22-16(20-11-5-2-6-12-20)17-8-14-21-13-7-15(18-21)19-9-3-1-4-10-19/h7,13H,1-6,8-12,14H2,(H,17,22). The minimum atomic E-state index is 0.0723. The number of nitrogens with one attached hydrogen (secondary N) is 1. The van der Waals surface area contributed by atoms with Crippen LogP contribution in [0.25, 0.3) is 0 Å². The van der Waals surface area contributed by atoms with Crippen LogP contribution in [-0.4, -0.2) is 53.4 Å². The van der Waals surface area contributed by atoms with Crippen molar-refractivity contribution >= 4 is 11.8 Å². The highest BCUT2D eigenvalue weighted by Crippen LogP contribution is 2.17. The summed E-state index contributed by atoms with van der Waals surface area (Å²) < 4.78 is 1.93. The summed E-state index contributed by atoms with van der Waals surface area (Å²) in [5.41, 5.74) is 0. The third kappa shape index (κ3) is 3.93. The molecule has 0 atom stereocenters. The van der Waals surface area contributed by atoms with Crippen molar-refractivity contribution in [2.24, 2.45) is 0 Å². The zero-order valence-corrected chi connectivity index (χ0v) is 13.3. The van der Waals surface area contributed by atoms with Gasteiger partial charge in [0.1, 0.15) is 0 Å². The molecule has 22 heavy (non-hydrogen) atoms. The Morgan fingerprint density at radius 1 is 1.05 bits per heavy atom. The lowest BCUT2D eigenvalue weighted by Gasteiger charge is -2.27. The van der Waals surface area contributed by atoms with Crippen LogP contribution in [0.4, 0.5) is 10.6 Å². The van der Waals surface area contributed by atoms with Crippen LogP contribution in [0.15, 0.2) is 12.3 Å². The minimum absolute atomic E-state index is 0.0723. The van der Waals surface area contributed by atoms with Gasteiger partial charge < -0.3 is 15.1 Å². The quantitative estimate of drug-likeness (QED) is 0.926. The van der Waals surface area contributed by atoms with Gasteiger partial charge in [-0.15, -0.1) is 0 Å². The first kappa shape index (κ1) is 15.2. The largest absolute Gasteiger partial charge is 0.355 e. The fourth-order valence-corrected chi connectivity index (χ4v) is 3.25. The first-order chi connectivity index (χ1) is 10.8. The molecule has 0 unspecified atom stereocenters. The fraction of sp³-hybridized carbons (Fsp3) is 0.750. The SMILES string of the molecule is O=C(NCCn1ccc(N2CCCCC2)n1)N1CCCCC1. The van der Waals surface area contributed by atoms with Crippen molar-refractivity contribution in [3.63, 3.8) is 0 Å². The molecule has 1 aromatic rings. The summed E-state index contributed by atoms with van der Waals surface area (Å²) >= 11 is 0. The number of carbonyl (C=O) groups excluding carboxylic acids is 1. The first-order valence-corrected chi connectivity index (χ1v) is 8.64. The van der Waals surface area contributed by atoms with Crippen LogP contribution in [0.3, 0.4) is 0 Å². The Bertz CT molecular complexity index is 475. The van der Waals surface area contributed by atoms with E-state index in [4.69, 9.17) is 0 Å². The molecule has 0 aliphatic carbocycles. The molecule has 0 spiro atoms. The Balaban J connectivity index is 1.41. The van der Waals surface area contributed by atoms with Gasteiger partial charge in [0.25, 0.3) is 0 Å². The van der Waals surface area contributed by atoms with E-state index in [2.05, 4.69) is 21.4 Å². The van der Waals surface area contributed by atoms with Crippen LogP contribution in [0.1, 0.15) is 38.5 Å². The van der Waals surface area contributed by atoms with Crippen molar-refractivity contribution in [3.8, 4) is 0 Å². The molecule has 2 saturated heterocycles. The smallest absolute Gasteiger partial charge is 0.317 e. The van der Waals surface area contributed by atoms with Gasteiger partial charge in [0.15, 0.2) is 5.82 Å². The molecule has 1 aromatic heterocycles. The van der Waals surface area contributed by atoms with Gasteiger partial charge in [-0.1, -0.05) is 0 Å². The highest BCUT2D eigenvalue weighted by atomic mass is 16.2. The summed E-state index contributed by atoms with van der Waals surface area (Å²) in [5, 5.41) is 7.62. The average Bonchev–Trinajstić information content (AvgIpc) is 3.05. The molecule has 2 aliphatic rings. The van der Waals surface area contributed by atoms with Crippen LogP contribution in [0.2, 0.25) is 0 Å². The van der Waals surface area contributed by atoms with Crippen molar-refractivity contribution in [3.05, 3.63) is 12.3 Å². The van der Waals surface area contributed by atoms with E-state index in [0.717, 1.165) is 51.4 Å². The van der Waals surface area contributed by atoms with E-state index >= 15 is 0 Å². The van der Waals surface area contributed by atoms with Gasteiger partial charge in [-0.3, -0.25) is 4.68 Å². The Kier molecular flexibility index (Phi) is 5.19. The molecule has 3 rings (SSSR count). The van der Waals surface area contributed by atoms with Gasteiger partial charge in [-0.05, 0) is 38.5 Å². The van der Waals surface area contributed by atoms with E-state index in [0.29, 0.717) is 6.54 Å². The van der Waals surface area contributed by atoms with Crippen molar-refractivity contribution in [2.75, 3.05) is 37.6 Å². The van der Waals surface area contributed by atoms with Crippen LogP contribution in [0, 0.1) is 0 Å². The van der Waals surface area contributed by atoms with Crippen molar-refractivity contribution in [2.45, 2.75) is 45.1 Å².